The van der Waals surface area contributed by atoms with Gasteiger partial charge in [-0.2, -0.15) is 0 Å². The third-order valence-corrected chi connectivity index (χ3v) is 4.75. The van der Waals surface area contributed by atoms with Crippen LogP contribution in [0.2, 0.25) is 0 Å². The topological polar surface area (TPSA) is 34.1 Å². The predicted molar refractivity (Wildman–Crippen MR) is 85.3 cm³/mol. The summed E-state index contributed by atoms with van der Waals surface area (Å²) in [5, 5.41) is 6.81. The van der Waals surface area contributed by atoms with Gasteiger partial charge in [-0.25, -0.2) is 4.98 Å². The Hall–Kier alpha value is -0.450. The molecule has 2 rings (SSSR count). The molecule has 0 aromatic carbocycles. The van der Waals surface area contributed by atoms with E-state index in [0.717, 1.165) is 11.6 Å². The second kappa shape index (κ2) is 7.01. The van der Waals surface area contributed by atoms with Gasteiger partial charge in [-0.3, -0.25) is 0 Å². The maximum absolute atomic E-state index is 6.04. The van der Waals surface area contributed by atoms with Crippen molar-refractivity contribution in [1.29, 1.82) is 0 Å². The molecule has 1 aromatic rings. The zero-order valence-corrected chi connectivity index (χ0v) is 14.1. The number of hydrogen-bond acceptors (Lipinski definition) is 4. The Morgan fingerprint density at radius 3 is 2.55 bits per heavy atom. The summed E-state index contributed by atoms with van der Waals surface area (Å²) in [6.07, 6.45) is 5.25. The van der Waals surface area contributed by atoms with Crippen LogP contribution < -0.4 is 5.32 Å². The predicted octanol–water partition coefficient (Wildman–Crippen LogP) is 3.88. The summed E-state index contributed by atoms with van der Waals surface area (Å²) in [5.74, 6) is 0. The van der Waals surface area contributed by atoms with Gasteiger partial charge in [-0.15, -0.1) is 11.3 Å². The van der Waals surface area contributed by atoms with Gasteiger partial charge in [-0.1, -0.05) is 27.7 Å². The SMILES string of the molecule is CCNC1CCC(OCc2nc(C(C)(C)C)cs2)CC1. The molecule has 0 radical (unpaired) electrons. The molecule has 0 spiro atoms. The molecule has 1 aromatic heterocycles. The molecular formula is C16H28N2OS. The van der Waals surface area contributed by atoms with Crippen molar-refractivity contribution < 1.29 is 4.74 Å². The van der Waals surface area contributed by atoms with E-state index in [0.29, 0.717) is 18.8 Å². The lowest BCUT2D eigenvalue weighted by molar-refractivity contribution is 0.0113. The third-order valence-electron chi connectivity index (χ3n) is 3.93. The van der Waals surface area contributed by atoms with Gasteiger partial charge in [0.1, 0.15) is 5.01 Å². The number of ether oxygens (including phenoxy) is 1. The van der Waals surface area contributed by atoms with Crippen molar-refractivity contribution in [2.24, 2.45) is 0 Å². The number of rotatable bonds is 5. The van der Waals surface area contributed by atoms with Crippen LogP contribution in [0.15, 0.2) is 5.38 Å². The van der Waals surface area contributed by atoms with E-state index >= 15 is 0 Å². The highest BCUT2D eigenvalue weighted by Gasteiger charge is 2.22. The molecular weight excluding hydrogens is 268 g/mol. The van der Waals surface area contributed by atoms with E-state index in [2.05, 4.69) is 38.4 Å². The van der Waals surface area contributed by atoms with E-state index in [4.69, 9.17) is 9.72 Å². The van der Waals surface area contributed by atoms with Gasteiger partial charge >= 0.3 is 0 Å². The van der Waals surface area contributed by atoms with E-state index in [1.54, 1.807) is 11.3 Å². The Balaban J connectivity index is 1.75. The zero-order chi connectivity index (χ0) is 14.6. The molecule has 0 saturated heterocycles. The van der Waals surface area contributed by atoms with Crippen molar-refractivity contribution in [3.63, 3.8) is 0 Å². The maximum Gasteiger partial charge on any atom is 0.119 e. The molecule has 4 heteroatoms. The molecule has 114 valence electrons. The van der Waals surface area contributed by atoms with Crippen molar-refractivity contribution in [2.75, 3.05) is 6.54 Å². The Bertz CT molecular complexity index is 403. The minimum Gasteiger partial charge on any atom is -0.371 e. The van der Waals surface area contributed by atoms with Crippen molar-refractivity contribution in [2.45, 2.75) is 77.5 Å². The number of aromatic nitrogens is 1. The third kappa shape index (κ3) is 4.54. The fourth-order valence-electron chi connectivity index (χ4n) is 2.63. The second-order valence-corrected chi connectivity index (χ2v) is 7.66. The molecule has 1 saturated carbocycles. The summed E-state index contributed by atoms with van der Waals surface area (Å²) in [4.78, 5) is 4.69. The highest BCUT2D eigenvalue weighted by Crippen LogP contribution is 2.26. The van der Waals surface area contributed by atoms with Gasteiger partial charge in [0.25, 0.3) is 0 Å². The van der Waals surface area contributed by atoms with Crippen LogP contribution in [0.25, 0.3) is 0 Å². The quantitative estimate of drug-likeness (QED) is 0.895. The monoisotopic (exact) mass is 296 g/mol. The Morgan fingerprint density at radius 2 is 2.00 bits per heavy atom. The van der Waals surface area contributed by atoms with Gasteiger partial charge in [0.2, 0.25) is 0 Å². The molecule has 0 unspecified atom stereocenters. The van der Waals surface area contributed by atoms with Gasteiger partial charge in [0.05, 0.1) is 18.4 Å². The van der Waals surface area contributed by atoms with Crippen molar-refractivity contribution in [1.82, 2.24) is 10.3 Å². The molecule has 0 atom stereocenters. The minimum absolute atomic E-state index is 0.138. The van der Waals surface area contributed by atoms with Crippen LogP contribution in [0, 0.1) is 0 Å². The Morgan fingerprint density at radius 1 is 1.30 bits per heavy atom. The maximum atomic E-state index is 6.04. The van der Waals surface area contributed by atoms with Crippen LogP contribution in [0.1, 0.15) is 64.1 Å². The largest absolute Gasteiger partial charge is 0.371 e. The number of thiazole rings is 1. The van der Waals surface area contributed by atoms with Crippen LogP contribution in [0.3, 0.4) is 0 Å². The molecule has 20 heavy (non-hydrogen) atoms. The first-order valence-corrected chi connectivity index (χ1v) is 8.67. The lowest BCUT2D eigenvalue weighted by Gasteiger charge is -2.28. The van der Waals surface area contributed by atoms with E-state index < -0.39 is 0 Å². The molecule has 1 N–H and O–H groups in total. The van der Waals surface area contributed by atoms with Crippen LogP contribution >= 0.6 is 11.3 Å². The number of nitrogens with one attached hydrogen (secondary N) is 1. The molecule has 1 aliphatic rings. The summed E-state index contributed by atoms with van der Waals surface area (Å²) >= 11 is 1.73. The molecule has 1 fully saturated rings. The molecule has 1 heterocycles. The van der Waals surface area contributed by atoms with E-state index in [1.807, 2.05) is 0 Å². The smallest absolute Gasteiger partial charge is 0.119 e. The Kier molecular flexibility index (Phi) is 5.58. The first-order chi connectivity index (χ1) is 9.49. The fraction of sp³-hybridized carbons (Fsp3) is 0.812. The molecule has 0 bridgehead atoms. The van der Waals surface area contributed by atoms with Gasteiger partial charge in [0, 0.05) is 16.8 Å². The van der Waals surface area contributed by atoms with Gasteiger partial charge in [0.15, 0.2) is 0 Å². The molecule has 1 aliphatic carbocycles. The van der Waals surface area contributed by atoms with Gasteiger partial charge < -0.3 is 10.1 Å². The highest BCUT2D eigenvalue weighted by atomic mass is 32.1. The summed E-state index contributed by atoms with van der Waals surface area (Å²) < 4.78 is 6.04. The lowest BCUT2D eigenvalue weighted by Crippen LogP contribution is -2.35. The first-order valence-electron chi connectivity index (χ1n) is 7.79. The number of hydrogen-bond donors (Lipinski definition) is 1. The van der Waals surface area contributed by atoms with Crippen LogP contribution in [-0.2, 0) is 16.8 Å². The van der Waals surface area contributed by atoms with E-state index in [9.17, 15) is 0 Å². The van der Waals surface area contributed by atoms with Crippen LogP contribution in [0.5, 0.6) is 0 Å². The summed E-state index contributed by atoms with van der Waals surface area (Å²) in [6, 6.07) is 0.701. The average molecular weight is 296 g/mol. The van der Waals surface area contributed by atoms with Crippen LogP contribution in [-0.4, -0.2) is 23.7 Å². The highest BCUT2D eigenvalue weighted by molar-refractivity contribution is 7.09. The van der Waals surface area contributed by atoms with Crippen molar-refractivity contribution >= 4 is 11.3 Å². The summed E-state index contributed by atoms with van der Waals surface area (Å²) in [5.41, 5.74) is 1.32. The standard InChI is InChI=1S/C16H28N2OS/c1-5-17-12-6-8-13(9-7-12)19-10-15-18-14(11-20-15)16(2,3)4/h11-13,17H,5-10H2,1-4H3. The van der Waals surface area contributed by atoms with E-state index in [1.165, 1.54) is 31.4 Å². The fourth-order valence-corrected chi connectivity index (χ4v) is 3.57. The minimum atomic E-state index is 0.138. The molecule has 3 nitrogen and oxygen atoms in total. The second-order valence-electron chi connectivity index (χ2n) is 6.72. The molecule has 0 amide bonds. The Labute approximate surface area is 127 Å². The summed E-state index contributed by atoms with van der Waals surface area (Å²) in [7, 11) is 0. The van der Waals surface area contributed by atoms with Crippen LogP contribution in [0.4, 0.5) is 0 Å². The van der Waals surface area contributed by atoms with Crippen molar-refractivity contribution in [3.05, 3.63) is 16.1 Å². The van der Waals surface area contributed by atoms with E-state index in [-0.39, 0.29) is 5.41 Å². The first kappa shape index (κ1) is 15.9. The number of nitrogens with zero attached hydrogens (tertiary/aromatic N) is 1. The average Bonchev–Trinajstić information content (AvgIpc) is 2.87. The van der Waals surface area contributed by atoms with Crippen molar-refractivity contribution in [3.8, 4) is 0 Å². The zero-order valence-electron chi connectivity index (χ0n) is 13.2. The normalized spacial score (nSPS) is 24.0. The van der Waals surface area contributed by atoms with Gasteiger partial charge in [-0.05, 0) is 32.2 Å². The lowest BCUT2D eigenvalue weighted by atomic mass is 9.93. The summed E-state index contributed by atoms with van der Waals surface area (Å²) in [6.45, 7) is 10.5. The molecule has 0 aliphatic heterocycles.